The van der Waals surface area contributed by atoms with E-state index in [0.29, 0.717) is 18.4 Å². The molecule has 0 atom stereocenters. The first-order valence-corrected chi connectivity index (χ1v) is 9.73. The third kappa shape index (κ3) is 3.84. The number of nitrogens with zero attached hydrogens (tertiary/aromatic N) is 2. The standard InChI is InChI=1S/C18H18F3N3O2S/c1-3-24-16-7-5-4-6-15(16)23-17(24)11-22-27(25,26)13-9-8-12(2)14(10-13)18(19,20)21/h4-10,22H,3,11H2,1-2H3. The number of alkyl halides is 3. The van der Waals surface area contributed by atoms with E-state index < -0.39 is 26.7 Å². The van der Waals surface area contributed by atoms with Crippen LogP contribution in [0, 0.1) is 6.92 Å². The van der Waals surface area contributed by atoms with Gasteiger partial charge in [0.1, 0.15) is 5.82 Å². The Morgan fingerprint density at radius 1 is 1.15 bits per heavy atom. The van der Waals surface area contributed by atoms with Crippen LogP contribution in [-0.4, -0.2) is 18.0 Å². The Kier molecular flexibility index (Phi) is 5.00. The average molecular weight is 397 g/mol. The molecule has 0 saturated carbocycles. The molecule has 5 nitrogen and oxygen atoms in total. The Morgan fingerprint density at radius 2 is 1.85 bits per heavy atom. The number of fused-ring (bicyclic) bond motifs is 1. The molecule has 0 fully saturated rings. The molecule has 0 amide bonds. The van der Waals surface area contributed by atoms with Crippen LogP contribution in [0.2, 0.25) is 0 Å². The van der Waals surface area contributed by atoms with Crippen LogP contribution in [0.4, 0.5) is 13.2 Å². The van der Waals surface area contributed by atoms with Gasteiger partial charge < -0.3 is 4.57 Å². The molecule has 144 valence electrons. The van der Waals surface area contributed by atoms with Crippen molar-refractivity contribution in [3.8, 4) is 0 Å². The summed E-state index contributed by atoms with van der Waals surface area (Å²) in [6.45, 7) is 3.65. The second-order valence-corrected chi connectivity index (χ2v) is 7.83. The maximum atomic E-state index is 13.1. The van der Waals surface area contributed by atoms with E-state index in [1.54, 1.807) is 0 Å². The molecule has 0 unspecified atom stereocenters. The summed E-state index contributed by atoms with van der Waals surface area (Å²) in [5, 5.41) is 0. The second kappa shape index (κ2) is 6.97. The zero-order chi connectivity index (χ0) is 19.8. The maximum absolute atomic E-state index is 13.1. The molecule has 0 radical (unpaired) electrons. The van der Waals surface area contributed by atoms with Crippen molar-refractivity contribution in [3.05, 3.63) is 59.4 Å². The fourth-order valence-corrected chi connectivity index (χ4v) is 3.94. The summed E-state index contributed by atoms with van der Waals surface area (Å²) in [5.41, 5.74) is 0.590. The number of rotatable bonds is 5. The molecule has 1 heterocycles. The summed E-state index contributed by atoms with van der Waals surface area (Å²) in [5.74, 6) is 0.491. The second-order valence-electron chi connectivity index (χ2n) is 6.06. The van der Waals surface area contributed by atoms with E-state index in [2.05, 4.69) is 9.71 Å². The van der Waals surface area contributed by atoms with Crippen LogP contribution in [0.15, 0.2) is 47.4 Å². The van der Waals surface area contributed by atoms with Crippen LogP contribution in [0.1, 0.15) is 23.9 Å². The minimum Gasteiger partial charge on any atom is -0.327 e. The van der Waals surface area contributed by atoms with E-state index in [9.17, 15) is 21.6 Å². The molecule has 3 aromatic rings. The van der Waals surface area contributed by atoms with Crippen LogP contribution >= 0.6 is 0 Å². The van der Waals surface area contributed by atoms with E-state index in [4.69, 9.17) is 0 Å². The minimum absolute atomic E-state index is 0.0331. The summed E-state index contributed by atoms with van der Waals surface area (Å²) in [4.78, 5) is 3.98. The number of hydrogen-bond acceptors (Lipinski definition) is 3. The quantitative estimate of drug-likeness (QED) is 0.711. The third-order valence-electron chi connectivity index (χ3n) is 4.29. The van der Waals surface area contributed by atoms with Gasteiger partial charge in [0, 0.05) is 6.54 Å². The smallest absolute Gasteiger partial charge is 0.327 e. The number of benzene rings is 2. The molecule has 1 N–H and O–H groups in total. The van der Waals surface area contributed by atoms with Gasteiger partial charge in [-0.2, -0.15) is 13.2 Å². The lowest BCUT2D eigenvalue weighted by molar-refractivity contribution is -0.138. The molecule has 0 aliphatic rings. The highest BCUT2D eigenvalue weighted by atomic mass is 32.2. The third-order valence-corrected chi connectivity index (χ3v) is 5.69. The zero-order valence-electron chi connectivity index (χ0n) is 14.7. The lowest BCUT2D eigenvalue weighted by Gasteiger charge is -2.13. The Morgan fingerprint density at radius 3 is 2.52 bits per heavy atom. The number of halogens is 3. The van der Waals surface area contributed by atoms with Gasteiger partial charge in [0.05, 0.1) is 28.0 Å². The Hall–Kier alpha value is -2.39. The Balaban J connectivity index is 1.90. The van der Waals surface area contributed by atoms with Gasteiger partial charge in [0.25, 0.3) is 0 Å². The molecule has 1 aromatic heterocycles. The first-order chi connectivity index (χ1) is 12.6. The monoisotopic (exact) mass is 397 g/mol. The summed E-state index contributed by atoms with van der Waals surface area (Å²) in [7, 11) is -4.12. The van der Waals surface area contributed by atoms with Gasteiger partial charge in [-0.15, -0.1) is 0 Å². The SMILES string of the molecule is CCn1c(CNS(=O)(=O)c2ccc(C)c(C(F)(F)F)c2)nc2ccccc21. The lowest BCUT2D eigenvalue weighted by Crippen LogP contribution is -2.25. The highest BCUT2D eigenvalue weighted by molar-refractivity contribution is 7.89. The van der Waals surface area contributed by atoms with Crippen molar-refractivity contribution >= 4 is 21.1 Å². The predicted octanol–water partition coefficient (Wildman–Crippen LogP) is 3.86. The number of sulfonamides is 1. The zero-order valence-corrected chi connectivity index (χ0v) is 15.5. The topological polar surface area (TPSA) is 64.0 Å². The van der Waals surface area contributed by atoms with Crippen molar-refractivity contribution < 1.29 is 21.6 Å². The normalized spacial score (nSPS) is 12.6. The van der Waals surface area contributed by atoms with E-state index in [1.807, 2.05) is 35.8 Å². The minimum atomic E-state index is -4.62. The van der Waals surface area contributed by atoms with Gasteiger partial charge in [0.2, 0.25) is 10.0 Å². The number of para-hydroxylation sites is 2. The van der Waals surface area contributed by atoms with Gasteiger partial charge in [-0.05, 0) is 43.7 Å². The van der Waals surface area contributed by atoms with E-state index >= 15 is 0 Å². The van der Waals surface area contributed by atoms with Crippen molar-refractivity contribution in [2.45, 2.75) is 38.0 Å². The number of aromatic nitrogens is 2. The number of hydrogen-bond donors (Lipinski definition) is 1. The molecule has 2 aromatic carbocycles. The molecule has 0 bridgehead atoms. The van der Waals surface area contributed by atoms with E-state index in [0.717, 1.165) is 23.2 Å². The largest absolute Gasteiger partial charge is 0.416 e. The van der Waals surface area contributed by atoms with Gasteiger partial charge in [0.15, 0.2) is 0 Å². The van der Waals surface area contributed by atoms with Crippen LogP contribution in [0.25, 0.3) is 11.0 Å². The Bertz CT molecular complexity index is 1090. The first-order valence-electron chi connectivity index (χ1n) is 8.25. The van der Waals surface area contributed by atoms with Crippen LogP contribution in [-0.2, 0) is 29.3 Å². The number of imidazole rings is 1. The lowest BCUT2D eigenvalue weighted by atomic mass is 10.1. The molecule has 9 heteroatoms. The van der Waals surface area contributed by atoms with Gasteiger partial charge in [-0.25, -0.2) is 18.1 Å². The maximum Gasteiger partial charge on any atom is 0.416 e. The molecule has 0 saturated heterocycles. The molecular weight excluding hydrogens is 379 g/mol. The van der Waals surface area contributed by atoms with Crippen molar-refractivity contribution in [2.75, 3.05) is 0 Å². The molecule has 3 rings (SSSR count). The van der Waals surface area contributed by atoms with Crippen molar-refractivity contribution in [2.24, 2.45) is 0 Å². The summed E-state index contributed by atoms with van der Waals surface area (Å²) in [6, 6.07) is 10.3. The molecule has 0 spiro atoms. The summed E-state index contributed by atoms with van der Waals surface area (Å²) in [6.07, 6.45) is -4.62. The van der Waals surface area contributed by atoms with Crippen molar-refractivity contribution in [1.29, 1.82) is 0 Å². The molecule has 0 aliphatic carbocycles. The Labute approximate surface area is 154 Å². The number of aryl methyl sites for hydroxylation is 2. The van der Waals surface area contributed by atoms with Crippen molar-refractivity contribution in [1.82, 2.24) is 14.3 Å². The average Bonchev–Trinajstić information content (AvgIpc) is 2.96. The van der Waals surface area contributed by atoms with Crippen LogP contribution < -0.4 is 4.72 Å². The highest BCUT2D eigenvalue weighted by Crippen LogP contribution is 2.33. The number of nitrogens with one attached hydrogen (secondary N) is 1. The first kappa shape index (κ1) is 19.4. The predicted molar refractivity (Wildman–Crippen MR) is 95.6 cm³/mol. The van der Waals surface area contributed by atoms with Gasteiger partial charge in [-0.3, -0.25) is 0 Å². The fraction of sp³-hybridized carbons (Fsp3) is 0.278. The van der Waals surface area contributed by atoms with E-state index in [1.165, 1.54) is 6.92 Å². The van der Waals surface area contributed by atoms with E-state index in [-0.39, 0.29) is 12.1 Å². The summed E-state index contributed by atoms with van der Waals surface area (Å²) >= 11 is 0. The van der Waals surface area contributed by atoms with Gasteiger partial charge in [-0.1, -0.05) is 18.2 Å². The summed E-state index contributed by atoms with van der Waals surface area (Å²) < 4.78 is 68.4. The van der Waals surface area contributed by atoms with Crippen LogP contribution in [0.5, 0.6) is 0 Å². The molecule has 27 heavy (non-hydrogen) atoms. The van der Waals surface area contributed by atoms with Crippen LogP contribution in [0.3, 0.4) is 0 Å². The van der Waals surface area contributed by atoms with Crippen molar-refractivity contribution in [3.63, 3.8) is 0 Å². The highest BCUT2D eigenvalue weighted by Gasteiger charge is 2.33. The molecule has 0 aliphatic heterocycles. The fourth-order valence-electron chi connectivity index (χ4n) is 2.93. The van der Waals surface area contributed by atoms with Gasteiger partial charge >= 0.3 is 6.18 Å². The molecular formula is C18H18F3N3O2S.